The predicted octanol–water partition coefficient (Wildman–Crippen LogP) is 1.08. The fourth-order valence-electron chi connectivity index (χ4n) is 0.771. The largest absolute Gasteiger partial charge is 0.303 e. The molecule has 0 aromatic rings. The molecule has 0 unspecified atom stereocenters. The zero-order chi connectivity index (χ0) is 8.53. The normalized spacial score (nSPS) is 9.55. The minimum absolute atomic E-state index is 0.343. The van der Waals surface area contributed by atoms with Gasteiger partial charge in [0.2, 0.25) is 0 Å². The Kier molecular flexibility index (Phi) is 6.37. The Labute approximate surface area is 64.9 Å². The maximum absolute atomic E-state index is 10.0. The van der Waals surface area contributed by atoms with Crippen LogP contribution in [0.5, 0.6) is 0 Å². The van der Waals surface area contributed by atoms with Crippen LogP contribution in [-0.2, 0) is 9.59 Å². The Morgan fingerprint density at radius 3 is 1.82 bits per heavy atom. The van der Waals surface area contributed by atoms with Gasteiger partial charge in [-0.1, -0.05) is 5.18 Å². The lowest BCUT2D eigenvalue weighted by molar-refractivity contribution is -0.108. The first-order valence-corrected chi connectivity index (χ1v) is 3.55. The van der Waals surface area contributed by atoms with Crippen LogP contribution in [0.3, 0.4) is 0 Å². The molecule has 4 nitrogen and oxygen atoms in total. The molecule has 0 bridgehead atoms. The number of nitrogens with zero attached hydrogens (tertiary/aromatic N) is 1. The molecule has 62 valence electrons. The van der Waals surface area contributed by atoms with Gasteiger partial charge in [-0.3, -0.25) is 0 Å². The Morgan fingerprint density at radius 2 is 1.55 bits per heavy atom. The SMILES string of the molecule is O=CCCC(CCC=O)N=O. The minimum atomic E-state index is -0.370. The third-order valence-corrected chi connectivity index (χ3v) is 1.38. The third kappa shape index (κ3) is 5.39. The molecule has 0 radical (unpaired) electrons. The van der Waals surface area contributed by atoms with Crippen LogP contribution in [-0.4, -0.2) is 18.6 Å². The van der Waals surface area contributed by atoms with Crippen molar-refractivity contribution in [3.63, 3.8) is 0 Å². The Hall–Kier alpha value is -1.06. The maximum atomic E-state index is 10.0. The van der Waals surface area contributed by atoms with Crippen LogP contribution in [0, 0.1) is 4.91 Å². The van der Waals surface area contributed by atoms with Crippen molar-refractivity contribution in [2.24, 2.45) is 5.18 Å². The Morgan fingerprint density at radius 1 is 1.09 bits per heavy atom. The third-order valence-electron chi connectivity index (χ3n) is 1.38. The van der Waals surface area contributed by atoms with Crippen molar-refractivity contribution in [1.29, 1.82) is 0 Å². The van der Waals surface area contributed by atoms with Gasteiger partial charge in [-0.25, -0.2) is 0 Å². The number of hydrogen-bond acceptors (Lipinski definition) is 4. The Bertz CT molecular complexity index is 124. The number of aldehydes is 2. The first-order chi connectivity index (χ1) is 5.35. The summed E-state index contributed by atoms with van der Waals surface area (Å²) in [4.78, 5) is 29.8. The van der Waals surface area contributed by atoms with Gasteiger partial charge in [-0.2, -0.15) is 4.91 Å². The summed E-state index contributed by atoms with van der Waals surface area (Å²) in [6.45, 7) is 0. The molecule has 0 atom stereocenters. The minimum Gasteiger partial charge on any atom is -0.303 e. The van der Waals surface area contributed by atoms with Crippen molar-refractivity contribution in [3.05, 3.63) is 4.91 Å². The van der Waals surface area contributed by atoms with Gasteiger partial charge in [0, 0.05) is 12.8 Å². The summed E-state index contributed by atoms with van der Waals surface area (Å²) in [5, 5.41) is 2.80. The first-order valence-electron chi connectivity index (χ1n) is 3.55. The van der Waals surface area contributed by atoms with Crippen LogP contribution in [0.25, 0.3) is 0 Å². The van der Waals surface area contributed by atoms with Crippen molar-refractivity contribution in [1.82, 2.24) is 0 Å². The lowest BCUT2D eigenvalue weighted by atomic mass is 10.1. The van der Waals surface area contributed by atoms with E-state index in [1.165, 1.54) is 0 Å². The van der Waals surface area contributed by atoms with E-state index in [0.29, 0.717) is 25.7 Å². The van der Waals surface area contributed by atoms with Gasteiger partial charge in [0.15, 0.2) is 0 Å². The quantitative estimate of drug-likeness (QED) is 0.410. The molecule has 0 saturated carbocycles. The van der Waals surface area contributed by atoms with Crippen molar-refractivity contribution in [3.8, 4) is 0 Å². The second-order valence-electron chi connectivity index (χ2n) is 2.25. The molecule has 0 aromatic heterocycles. The van der Waals surface area contributed by atoms with Crippen molar-refractivity contribution < 1.29 is 9.59 Å². The molecular weight excluding hydrogens is 146 g/mol. The highest BCUT2D eigenvalue weighted by Crippen LogP contribution is 2.06. The molecular formula is C7H11NO3. The highest BCUT2D eigenvalue weighted by molar-refractivity contribution is 5.50. The van der Waals surface area contributed by atoms with Gasteiger partial charge >= 0.3 is 0 Å². The average Bonchev–Trinajstić information content (AvgIpc) is 2.05. The van der Waals surface area contributed by atoms with Crippen LogP contribution < -0.4 is 0 Å². The van der Waals surface area contributed by atoms with Crippen LogP contribution in [0.2, 0.25) is 0 Å². The summed E-state index contributed by atoms with van der Waals surface area (Å²) in [7, 11) is 0. The fourth-order valence-corrected chi connectivity index (χ4v) is 0.771. The molecule has 0 spiro atoms. The summed E-state index contributed by atoms with van der Waals surface area (Å²) in [5.74, 6) is 0. The van der Waals surface area contributed by atoms with Gasteiger partial charge in [-0.05, 0) is 12.8 Å². The van der Waals surface area contributed by atoms with Gasteiger partial charge in [0.05, 0.1) is 6.04 Å². The molecule has 0 aromatic carbocycles. The number of rotatable bonds is 7. The van der Waals surface area contributed by atoms with E-state index >= 15 is 0 Å². The number of hydrogen-bond donors (Lipinski definition) is 0. The number of nitroso groups, excluding NO2 is 1. The molecule has 0 aliphatic carbocycles. The molecule has 0 N–H and O–H groups in total. The first kappa shape index (κ1) is 9.94. The topological polar surface area (TPSA) is 63.6 Å². The molecule has 11 heavy (non-hydrogen) atoms. The molecule has 0 rings (SSSR count). The van der Waals surface area contributed by atoms with Crippen molar-refractivity contribution in [2.75, 3.05) is 0 Å². The van der Waals surface area contributed by atoms with E-state index in [-0.39, 0.29) is 6.04 Å². The highest BCUT2D eigenvalue weighted by atomic mass is 16.3. The van der Waals surface area contributed by atoms with E-state index in [2.05, 4.69) is 5.18 Å². The molecule has 4 heteroatoms. The molecule has 0 aliphatic heterocycles. The summed E-state index contributed by atoms with van der Waals surface area (Å²) in [6.07, 6.45) is 3.10. The van der Waals surface area contributed by atoms with Crippen molar-refractivity contribution >= 4 is 12.6 Å². The molecule has 0 aliphatic rings. The zero-order valence-corrected chi connectivity index (χ0v) is 6.23. The van der Waals surface area contributed by atoms with E-state index in [4.69, 9.17) is 0 Å². The summed E-state index contributed by atoms with van der Waals surface area (Å²) >= 11 is 0. The second kappa shape index (κ2) is 7.05. The second-order valence-corrected chi connectivity index (χ2v) is 2.25. The molecule has 0 saturated heterocycles. The van der Waals surface area contributed by atoms with Gasteiger partial charge < -0.3 is 9.59 Å². The van der Waals surface area contributed by atoms with E-state index in [1.807, 2.05) is 0 Å². The lowest BCUT2D eigenvalue weighted by Gasteiger charge is -2.02. The summed E-state index contributed by atoms with van der Waals surface area (Å²) in [6, 6.07) is -0.370. The smallest absolute Gasteiger partial charge is 0.120 e. The van der Waals surface area contributed by atoms with Crippen LogP contribution in [0.1, 0.15) is 25.7 Å². The van der Waals surface area contributed by atoms with Crippen LogP contribution in [0.15, 0.2) is 5.18 Å². The number of carbonyl (C=O) groups excluding carboxylic acids is 2. The highest BCUT2D eigenvalue weighted by Gasteiger charge is 2.06. The lowest BCUT2D eigenvalue weighted by Crippen LogP contribution is -2.03. The van der Waals surface area contributed by atoms with Crippen LogP contribution in [0.4, 0.5) is 0 Å². The monoisotopic (exact) mass is 157 g/mol. The fraction of sp³-hybridized carbons (Fsp3) is 0.714. The van der Waals surface area contributed by atoms with Gasteiger partial charge in [0.1, 0.15) is 12.6 Å². The molecule has 0 fully saturated rings. The van der Waals surface area contributed by atoms with Crippen molar-refractivity contribution in [2.45, 2.75) is 31.7 Å². The van der Waals surface area contributed by atoms with Gasteiger partial charge in [-0.15, -0.1) is 0 Å². The van der Waals surface area contributed by atoms with E-state index < -0.39 is 0 Å². The van der Waals surface area contributed by atoms with Crippen LogP contribution >= 0.6 is 0 Å². The van der Waals surface area contributed by atoms with E-state index in [0.717, 1.165) is 12.6 Å². The standard InChI is InChI=1S/C7H11NO3/c9-5-1-3-7(8-11)4-2-6-10/h5-7H,1-4H2. The van der Waals surface area contributed by atoms with Gasteiger partial charge in [0.25, 0.3) is 0 Å². The summed E-state index contributed by atoms with van der Waals surface area (Å²) in [5.41, 5.74) is 0. The Balaban J connectivity index is 3.47. The maximum Gasteiger partial charge on any atom is 0.120 e. The van der Waals surface area contributed by atoms with E-state index in [9.17, 15) is 14.5 Å². The number of carbonyl (C=O) groups is 2. The zero-order valence-electron chi connectivity index (χ0n) is 6.23. The molecule has 0 amide bonds. The average molecular weight is 157 g/mol. The predicted molar refractivity (Wildman–Crippen MR) is 40.2 cm³/mol. The summed E-state index contributed by atoms with van der Waals surface area (Å²) < 4.78 is 0. The van der Waals surface area contributed by atoms with E-state index in [1.54, 1.807) is 0 Å². The molecule has 0 heterocycles.